The number of hydrogen-bond donors (Lipinski definition) is 2. The van der Waals surface area contributed by atoms with Crippen molar-refractivity contribution in [2.24, 2.45) is 0 Å². The average molecular weight is 467 g/mol. The first-order chi connectivity index (χ1) is 16.5. The first-order valence-corrected chi connectivity index (χ1v) is 11.7. The number of fused-ring (bicyclic) bond motifs is 3. The largest absolute Gasteiger partial charge is 0.481 e. The normalized spacial score (nSPS) is 18.0. The van der Waals surface area contributed by atoms with Crippen LogP contribution in [0, 0.1) is 0 Å². The predicted octanol–water partition coefficient (Wildman–Crippen LogP) is 3.40. The number of alkyl carbamates (subject to hydrolysis) is 1. The highest BCUT2D eigenvalue weighted by molar-refractivity contribution is 5.86. The summed E-state index contributed by atoms with van der Waals surface area (Å²) in [6, 6.07) is 14.8. The Morgan fingerprint density at radius 2 is 1.76 bits per heavy atom. The third-order valence-corrected chi connectivity index (χ3v) is 6.43. The highest BCUT2D eigenvalue weighted by Crippen LogP contribution is 2.44. The van der Waals surface area contributed by atoms with Crippen molar-refractivity contribution in [2.75, 3.05) is 26.4 Å². The van der Waals surface area contributed by atoms with Gasteiger partial charge in [0.2, 0.25) is 5.91 Å². The molecule has 180 valence electrons. The van der Waals surface area contributed by atoms with Crippen LogP contribution in [0.15, 0.2) is 48.5 Å². The second-order valence-corrected chi connectivity index (χ2v) is 8.67. The number of carbonyl (C=O) groups excluding carboxylic acids is 2. The molecule has 1 fully saturated rings. The van der Waals surface area contributed by atoms with Gasteiger partial charge in [-0.3, -0.25) is 9.59 Å². The van der Waals surface area contributed by atoms with Gasteiger partial charge in [-0.2, -0.15) is 0 Å². The molecule has 2 N–H and O–H groups in total. The first kappa shape index (κ1) is 23.8. The summed E-state index contributed by atoms with van der Waals surface area (Å²) in [5, 5.41) is 11.9. The summed E-state index contributed by atoms with van der Waals surface area (Å²) >= 11 is 0. The highest BCUT2D eigenvalue weighted by atomic mass is 16.5. The Balaban J connectivity index is 1.42. The SMILES string of the molecule is CCC[C@@H](NC(=O)OCC1c2ccccc2-c2ccccc21)C(=O)N1CCOCC1CC(=O)O. The number of aliphatic carboxylic acids is 1. The lowest BCUT2D eigenvalue weighted by Gasteiger charge is -2.37. The fraction of sp³-hybridized carbons (Fsp3) is 0.423. The molecule has 2 atom stereocenters. The summed E-state index contributed by atoms with van der Waals surface area (Å²) in [6.45, 7) is 2.89. The fourth-order valence-electron chi connectivity index (χ4n) is 4.84. The summed E-state index contributed by atoms with van der Waals surface area (Å²) in [4.78, 5) is 38.7. The molecule has 0 aromatic heterocycles. The van der Waals surface area contributed by atoms with E-state index in [1.54, 1.807) is 0 Å². The Morgan fingerprint density at radius 3 is 2.38 bits per heavy atom. The molecule has 0 bridgehead atoms. The predicted molar refractivity (Wildman–Crippen MR) is 125 cm³/mol. The van der Waals surface area contributed by atoms with E-state index in [-0.39, 0.29) is 31.5 Å². The number of ether oxygens (including phenoxy) is 2. The molecular weight excluding hydrogens is 436 g/mol. The van der Waals surface area contributed by atoms with E-state index in [1.807, 2.05) is 43.3 Å². The molecule has 2 amide bonds. The number of nitrogens with one attached hydrogen (secondary N) is 1. The molecule has 2 aliphatic rings. The molecule has 2 aromatic rings. The molecule has 34 heavy (non-hydrogen) atoms. The van der Waals surface area contributed by atoms with Crippen LogP contribution in [0.4, 0.5) is 4.79 Å². The Labute approximate surface area is 198 Å². The van der Waals surface area contributed by atoms with Crippen LogP contribution in [0.3, 0.4) is 0 Å². The van der Waals surface area contributed by atoms with Gasteiger partial charge in [0.25, 0.3) is 0 Å². The van der Waals surface area contributed by atoms with Gasteiger partial charge >= 0.3 is 12.1 Å². The van der Waals surface area contributed by atoms with Crippen molar-refractivity contribution in [2.45, 2.75) is 44.2 Å². The van der Waals surface area contributed by atoms with Crippen molar-refractivity contribution in [3.8, 4) is 11.1 Å². The molecule has 1 heterocycles. The second-order valence-electron chi connectivity index (χ2n) is 8.67. The lowest BCUT2D eigenvalue weighted by atomic mass is 9.98. The molecular formula is C26H30N2O6. The van der Waals surface area contributed by atoms with Crippen LogP contribution in [-0.2, 0) is 19.1 Å². The first-order valence-electron chi connectivity index (χ1n) is 11.7. The average Bonchev–Trinajstić information content (AvgIpc) is 3.16. The maximum atomic E-state index is 13.2. The fourth-order valence-corrected chi connectivity index (χ4v) is 4.84. The number of rotatable bonds is 8. The number of amides is 2. The Hall–Kier alpha value is -3.39. The molecule has 0 radical (unpaired) electrons. The summed E-state index contributed by atoms with van der Waals surface area (Å²) in [5.41, 5.74) is 4.51. The van der Waals surface area contributed by atoms with E-state index in [1.165, 1.54) is 4.90 Å². The number of carboxylic acid groups (broad SMARTS) is 1. The van der Waals surface area contributed by atoms with Gasteiger partial charge in [-0.1, -0.05) is 61.9 Å². The van der Waals surface area contributed by atoms with E-state index in [0.29, 0.717) is 26.0 Å². The lowest BCUT2D eigenvalue weighted by Crippen LogP contribution is -2.56. The summed E-state index contributed by atoms with van der Waals surface area (Å²) in [6.07, 6.45) is 0.251. The Bertz CT molecular complexity index is 1010. The number of carbonyl (C=O) groups is 3. The van der Waals surface area contributed by atoms with Crippen molar-refractivity contribution in [1.29, 1.82) is 0 Å². The van der Waals surface area contributed by atoms with Crippen LogP contribution in [0.1, 0.15) is 43.2 Å². The van der Waals surface area contributed by atoms with Crippen molar-refractivity contribution >= 4 is 18.0 Å². The minimum absolute atomic E-state index is 0.0716. The van der Waals surface area contributed by atoms with E-state index in [0.717, 1.165) is 22.3 Å². The van der Waals surface area contributed by atoms with E-state index < -0.39 is 24.1 Å². The molecule has 4 rings (SSSR count). The van der Waals surface area contributed by atoms with E-state index >= 15 is 0 Å². The number of morpholine rings is 1. The van der Waals surface area contributed by atoms with Gasteiger partial charge < -0.3 is 24.8 Å². The minimum Gasteiger partial charge on any atom is -0.481 e. The number of carboxylic acids is 1. The van der Waals surface area contributed by atoms with Crippen LogP contribution in [0.5, 0.6) is 0 Å². The van der Waals surface area contributed by atoms with Gasteiger partial charge in [-0.05, 0) is 28.7 Å². The smallest absolute Gasteiger partial charge is 0.407 e. The third-order valence-electron chi connectivity index (χ3n) is 6.43. The van der Waals surface area contributed by atoms with Crippen molar-refractivity contribution in [1.82, 2.24) is 10.2 Å². The van der Waals surface area contributed by atoms with Crippen molar-refractivity contribution in [3.63, 3.8) is 0 Å². The van der Waals surface area contributed by atoms with Crippen LogP contribution in [0.2, 0.25) is 0 Å². The van der Waals surface area contributed by atoms with Gasteiger partial charge in [0.1, 0.15) is 12.6 Å². The number of nitrogens with zero attached hydrogens (tertiary/aromatic N) is 1. The third kappa shape index (κ3) is 5.07. The zero-order valence-corrected chi connectivity index (χ0v) is 19.2. The Kier molecular flexibility index (Phi) is 7.47. The second kappa shape index (κ2) is 10.7. The topological polar surface area (TPSA) is 105 Å². The molecule has 8 nitrogen and oxygen atoms in total. The molecule has 1 aliphatic heterocycles. The van der Waals surface area contributed by atoms with E-state index in [4.69, 9.17) is 9.47 Å². The van der Waals surface area contributed by atoms with Crippen LogP contribution >= 0.6 is 0 Å². The van der Waals surface area contributed by atoms with E-state index in [9.17, 15) is 19.5 Å². The maximum Gasteiger partial charge on any atom is 0.407 e. The zero-order chi connectivity index (χ0) is 24.1. The van der Waals surface area contributed by atoms with Crippen LogP contribution < -0.4 is 5.32 Å². The van der Waals surface area contributed by atoms with Gasteiger partial charge in [-0.25, -0.2) is 4.79 Å². The lowest BCUT2D eigenvalue weighted by molar-refractivity contribution is -0.147. The standard InChI is InChI=1S/C26H30N2O6/c1-2-7-23(25(31)28-12-13-33-15-17(28)14-24(29)30)27-26(32)34-16-22-20-10-5-3-8-18(20)19-9-4-6-11-21(19)22/h3-6,8-11,17,22-23H,2,7,12-16H2,1H3,(H,27,32)(H,29,30)/t17?,23-/m1/s1. The highest BCUT2D eigenvalue weighted by Gasteiger charge is 2.34. The quantitative estimate of drug-likeness (QED) is 0.618. The molecule has 8 heteroatoms. The molecule has 1 aliphatic carbocycles. The van der Waals surface area contributed by atoms with Crippen LogP contribution in [0.25, 0.3) is 11.1 Å². The molecule has 0 saturated carbocycles. The number of hydrogen-bond acceptors (Lipinski definition) is 5. The van der Waals surface area contributed by atoms with Crippen molar-refractivity contribution < 1.29 is 29.0 Å². The van der Waals surface area contributed by atoms with Crippen molar-refractivity contribution in [3.05, 3.63) is 59.7 Å². The summed E-state index contributed by atoms with van der Waals surface area (Å²) < 4.78 is 11.0. The monoisotopic (exact) mass is 466 g/mol. The maximum absolute atomic E-state index is 13.2. The minimum atomic E-state index is -0.996. The molecule has 0 spiro atoms. The molecule has 1 unspecified atom stereocenters. The van der Waals surface area contributed by atoms with Gasteiger partial charge in [0, 0.05) is 12.5 Å². The summed E-state index contributed by atoms with van der Waals surface area (Å²) in [7, 11) is 0. The Morgan fingerprint density at radius 1 is 1.12 bits per heavy atom. The zero-order valence-electron chi connectivity index (χ0n) is 19.2. The molecule has 1 saturated heterocycles. The van der Waals surface area contributed by atoms with Gasteiger partial charge in [-0.15, -0.1) is 0 Å². The molecule has 2 aromatic carbocycles. The van der Waals surface area contributed by atoms with Gasteiger partial charge in [0.15, 0.2) is 0 Å². The van der Waals surface area contributed by atoms with Crippen LogP contribution in [-0.4, -0.2) is 66.4 Å². The summed E-state index contributed by atoms with van der Waals surface area (Å²) in [5.74, 6) is -1.37. The number of benzene rings is 2. The van der Waals surface area contributed by atoms with E-state index in [2.05, 4.69) is 17.4 Å². The van der Waals surface area contributed by atoms with Gasteiger partial charge in [0.05, 0.1) is 25.7 Å².